The number of hydrogen-bond acceptors (Lipinski definition) is 6. The zero-order valence-electron chi connectivity index (χ0n) is 25.9. The third-order valence-corrected chi connectivity index (χ3v) is 9.10. The molecule has 2 aromatic rings. The van der Waals surface area contributed by atoms with Gasteiger partial charge in [0.1, 0.15) is 29.1 Å². The molecule has 4 rings (SSSR count). The van der Waals surface area contributed by atoms with Gasteiger partial charge in [0.05, 0.1) is 25.1 Å². The number of esters is 1. The molecule has 0 aromatic heterocycles. The number of carbonyl (C=O) groups is 2. The maximum Gasteiger partial charge on any atom is 0.410 e. The van der Waals surface area contributed by atoms with E-state index in [1.165, 1.54) is 24.1 Å². The van der Waals surface area contributed by atoms with Crippen LogP contribution in [0.5, 0.6) is 5.75 Å². The van der Waals surface area contributed by atoms with E-state index in [0.29, 0.717) is 24.2 Å². The van der Waals surface area contributed by atoms with E-state index in [4.69, 9.17) is 25.8 Å². The van der Waals surface area contributed by atoms with Gasteiger partial charge in [-0.1, -0.05) is 23.7 Å². The predicted molar refractivity (Wildman–Crippen MR) is 161 cm³/mol. The highest BCUT2D eigenvalue weighted by Crippen LogP contribution is 2.45. The Morgan fingerprint density at radius 2 is 1.81 bits per heavy atom. The standard InChI is InChI=1S/C33H43ClF2N2O5/c1-32(2,3)43-31(40)38-20-27(17-25(38)18-29(39)41-6)42-26-15-22(30(34)28(36)19-26)14-21-10-12-33(13-11-21,37(4)5)23-8-7-9-24(35)16-23/h7-9,15-16,19,21,25,27H,10-14,17-18,20H2,1-6H3/t21-,25-,27-,33-/m0/s1. The van der Waals surface area contributed by atoms with Gasteiger partial charge < -0.3 is 19.1 Å². The van der Waals surface area contributed by atoms with Crippen LogP contribution in [-0.2, 0) is 26.2 Å². The highest BCUT2D eigenvalue weighted by Gasteiger charge is 2.41. The Hall–Kier alpha value is -2.91. The van der Waals surface area contributed by atoms with Gasteiger partial charge in [-0.3, -0.25) is 9.69 Å². The summed E-state index contributed by atoms with van der Waals surface area (Å²) in [6, 6.07) is 9.39. The second-order valence-electron chi connectivity index (χ2n) is 13.0. The Balaban J connectivity index is 1.46. The lowest BCUT2D eigenvalue weighted by molar-refractivity contribution is -0.141. The van der Waals surface area contributed by atoms with Gasteiger partial charge in [-0.25, -0.2) is 13.6 Å². The first-order chi connectivity index (χ1) is 20.2. The van der Waals surface area contributed by atoms with Gasteiger partial charge in [0.2, 0.25) is 0 Å². The zero-order valence-corrected chi connectivity index (χ0v) is 26.7. The van der Waals surface area contributed by atoms with Crippen LogP contribution >= 0.6 is 11.6 Å². The molecule has 2 fully saturated rings. The number of nitrogens with zero attached hydrogens (tertiary/aromatic N) is 2. The summed E-state index contributed by atoms with van der Waals surface area (Å²) in [6.45, 7) is 5.51. The third-order valence-electron chi connectivity index (χ3n) is 8.67. The average Bonchev–Trinajstić information content (AvgIpc) is 3.32. The van der Waals surface area contributed by atoms with Crippen LogP contribution in [0.25, 0.3) is 0 Å². The highest BCUT2D eigenvalue weighted by atomic mass is 35.5. The lowest BCUT2D eigenvalue weighted by Crippen LogP contribution is -2.44. The molecule has 2 aliphatic rings. The fourth-order valence-electron chi connectivity index (χ4n) is 6.44. The molecule has 1 aliphatic heterocycles. The Kier molecular flexibility index (Phi) is 10.3. The number of ether oxygens (including phenoxy) is 3. The Morgan fingerprint density at radius 1 is 1.12 bits per heavy atom. The monoisotopic (exact) mass is 620 g/mol. The summed E-state index contributed by atoms with van der Waals surface area (Å²) in [6.07, 6.45) is 3.37. The maximum absolute atomic E-state index is 15.0. The maximum atomic E-state index is 15.0. The molecular weight excluding hydrogens is 578 g/mol. The van der Waals surface area contributed by atoms with Crippen LogP contribution in [0.3, 0.4) is 0 Å². The molecule has 236 valence electrons. The van der Waals surface area contributed by atoms with Crippen molar-refractivity contribution in [2.24, 2.45) is 5.92 Å². The lowest BCUT2D eigenvalue weighted by Gasteiger charge is -2.45. The van der Waals surface area contributed by atoms with E-state index >= 15 is 4.39 Å². The number of benzene rings is 2. The molecule has 0 N–H and O–H groups in total. The fourth-order valence-corrected chi connectivity index (χ4v) is 6.63. The molecule has 1 amide bonds. The van der Waals surface area contributed by atoms with E-state index < -0.39 is 35.6 Å². The minimum Gasteiger partial charge on any atom is -0.488 e. The minimum absolute atomic E-state index is 0.00156. The van der Waals surface area contributed by atoms with Crippen molar-refractivity contribution in [3.63, 3.8) is 0 Å². The van der Waals surface area contributed by atoms with Gasteiger partial charge >= 0.3 is 12.1 Å². The molecule has 2 atom stereocenters. The molecule has 7 nitrogen and oxygen atoms in total. The smallest absolute Gasteiger partial charge is 0.410 e. The number of rotatable bonds is 8. The van der Waals surface area contributed by atoms with Gasteiger partial charge in [0, 0.05) is 24.1 Å². The average molecular weight is 621 g/mol. The van der Waals surface area contributed by atoms with E-state index in [2.05, 4.69) is 4.90 Å². The first-order valence-corrected chi connectivity index (χ1v) is 15.2. The van der Waals surface area contributed by atoms with E-state index in [1.807, 2.05) is 20.2 Å². The zero-order chi connectivity index (χ0) is 31.5. The van der Waals surface area contributed by atoms with E-state index in [-0.39, 0.29) is 35.3 Å². The molecule has 0 spiro atoms. The normalized spacial score (nSPS) is 24.2. The molecule has 43 heavy (non-hydrogen) atoms. The molecule has 2 aromatic carbocycles. The Morgan fingerprint density at radius 3 is 2.42 bits per heavy atom. The summed E-state index contributed by atoms with van der Waals surface area (Å²) < 4.78 is 45.7. The fraction of sp³-hybridized carbons (Fsp3) is 0.576. The second kappa shape index (κ2) is 13.4. The summed E-state index contributed by atoms with van der Waals surface area (Å²) in [5, 5.41) is 0.0762. The van der Waals surface area contributed by atoms with E-state index in [0.717, 1.165) is 31.2 Å². The minimum atomic E-state index is -0.706. The van der Waals surface area contributed by atoms with Gasteiger partial charge in [-0.05, 0) is 102 Å². The van der Waals surface area contributed by atoms with Gasteiger partial charge in [0.15, 0.2) is 0 Å². The molecule has 1 saturated heterocycles. The number of hydrogen-bond donors (Lipinski definition) is 0. The number of carbonyl (C=O) groups excluding carboxylic acids is 2. The summed E-state index contributed by atoms with van der Waals surface area (Å²) in [5.74, 6) is -0.661. The Labute approximate surface area is 258 Å². The van der Waals surface area contributed by atoms with Crippen molar-refractivity contribution in [2.45, 2.75) is 89.0 Å². The molecular formula is C33H43ClF2N2O5. The van der Waals surface area contributed by atoms with Crippen molar-refractivity contribution in [3.05, 3.63) is 64.2 Å². The molecule has 0 radical (unpaired) electrons. The summed E-state index contributed by atoms with van der Waals surface area (Å²) in [4.78, 5) is 28.6. The molecule has 1 saturated carbocycles. The number of likely N-dealkylation sites (tertiary alicyclic amines) is 1. The topological polar surface area (TPSA) is 68.3 Å². The SMILES string of the molecule is COC(=O)C[C@@H]1C[C@H](Oc2cc(F)c(Cl)c(C[C@H]3CC[C@](c4cccc(F)c4)(N(C)C)CC3)c2)CN1C(=O)OC(C)(C)C. The second-order valence-corrected chi connectivity index (χ2v) is 13.4. The van der Waals surface area contributed by atoms with E-state index in [9.17, 15) is 14.0 Å². The number of halogens is 3. The van der Waals surface area contributed by atoms with Crippen LogP contribution in [0.4, 0.5) is 13.6 Å². The predicted octanol–water partition coefficient (Wildman–Crippen LogP) is 7.13. The van der Waals surface area contributed by atoms with Crippen LogP contribution in [0, 0.1) is 17.6 Å². The van der Waals surface area contributed by atoms with Crippen molar-refractivity contribution in [2.75, 3.05) is 27.7 Å². The summed E-state index contributed by atoms with van der Waals surface area (Å²) in [7, 11) is 5.36. The van der Waals surface area contributed by atoms with Crippen LogP contribution in [-0.4, -0.2) is 67.4 Å². The number of amides is 1. The van der Waals surface area contributed by atoms with Gasteiger partial charge in [0.25, 0.3) is 0 Å². The lowest BCUT2D eigenvalue weighted by atomic mass is 9.70. The molecule has 1 heterocycles. The molecule has 10 heteroatoms. The van der Waals surface area contributed by atoms with Gasteiger partial charge in [-0.15, -0.1) is 0 Å². The number of methoxy groups -OCH3 is 1. The van der Waals surface area contributed by atoms with Crippen molar-refractivity contribution >= 4 is 23.7 Å². The van der Waals surface area contributed by atoms with Crippen LogP contribution in [0.1, 0.15) is 70.4 Å². The molecule has 0 bridgehead atoms. The van der Waals surface area contributed by atoms with Crippen LogP contribution < -0.4 is 4.74 Å². The van der Waals surface area contributed by atoms with Crippen molar-refractivity contribution in [1.82, 2.24) is 9.80 Å². The quantitative estimate of drug-likeness (QED) is 0.293. The molecule has 1 aliphatic carbocycles. The summed E-state index contributed by atoms with van der Waals surface area (Å²) >= 11 is 6.44. The van der Waals surface area contributed by atoms with Crippen molar-refractivity contribution < 1.29 is 32.6 Å². The van der Waals surface area contributed by atoms with E-state index in [1.54, 1.807) is 39.0 Å². The highest BCUT2D eigenvalue weighted by molar-refractivity contribution is 6.31. The first-order valence-electron chi connectivity index (χ1n) is 14.8. The Bertz CT molecular complexity index is 1310. The van der Waals surface area contributed by atoms with Crippen LogP contribution in [0.15, 0.2) is 36.4 Å². The van der Waals surface area contributed by atoms with Crippen molar-refractivity contribution in [3.8, 4) is 5.75 Å². The molecule has 0 unspecified atom stereocenters. The first kappa shape index (κ1) is 33.0. The third kappa shape index (κ3) is 7.98. The summed E-state index contributed by atoms with van der Waals surface area (Å²) in [5.41, 5.74) is 0.667. The van der Waals surface area contributed by atoms with Crippen LogP contribution in [0.2, 0.25) is 5.02 Å². The van der Waals surface area contributed by atoms with Crippen molar-refractivity contribution in [1.29, 1.82) is 0 Å². The largest absolute Gasteiger partial charge is 0.488 e. The van der Waals surface area contributed by atoms with Gasteiger partial charge in [-0.2, -0.15) is 0 Å².